The zero-order chi connectivity index (χ0) is 14.0. The van der Waals surface area contributed by atoms with E-state index in [4.69, 9.17) is 5.73 Å². The topological polar surface area (TPSA) is 90.9 Å². The first kappa shape index (κ1) is 13.5. The van der Waals surface area contributed by atoms with Crippen LogP contribution < -0.4 is 5.73 Å². The van der Waals surface area contributed by atoms with E-state index in [0.717, 1.165) is 12.0 Å². The van der Waals surface area contributed by atoms with Crippen LogP contribution in [0.1, 0.15) is 18.9 Å². The third kappa shape index (κ3) is 2.46. The van der Waals surface area contributed by atoms with Gasteiger partial charge in [-0.25, -0.2) is 13.1 Å². The highest BCUT2D eigenvalue weighted by molar-refractivity contribution is 7.91. The molecule has 0 aliphatic rings. The maximum absolute atomic E-state index is 12.4. The first-order chi connectivity index (χ1) is 8.96. The average molecular weight is 280 g/mol. The van der Waals surface area contributed by atoms with E-state index in [-0.39, 0.29) is 15.7 Å². The number of sulfone groups is 1. The summed E-state index contributed by atoms with van der Waals surface area (Å²) in [6.45, 7) is 4.39. The third-order valence-electron chi connectivity index (χ3n) is 2.76. The lowest BCUT2D eigenvalue weighted by Gasteiger charge is -2.03. The molecule has 1 heterocycles. The van der Waals surface area contributed by atoms with Crippen molar-refractivity contribution in [1.82, 2.24) is 15.0 Å². The predicted molar refractivity (Wildman–Crippen MR) is 71.4 cm³/mol. The molecule has 1 aromatic heterocycles. The molecule has 7 heteroatoms. The number of aryl methyl sites for hydroxylation is 2. The third-order valence-corrected chi connectivity index (χ3v) is 4.45. The number of nitrogens with two attached hydrogens (primary N) is 1. The van der Waals surface area contributed by atoms with Gasteiger partial charge in [-0.3, -0.25) is 0 Å². The molecule has 0 fully saturated rings. The molecule has 0 saturated carbocycles. The molecule has 2 rings (SSSR count). The number of aromatic nitrogens is 3. The van der Waals surface area contributed by atoms with E-state index >= 15 is 0 Å². The SMILES string of the molecule is CCCn1nnc(S(=O)(=O)c2ccc(C)cc2)c1N. The van der Waals surface area contributed by atoms with E-state index in [1.807, 2.05) is 13.8 Å². The van der Waals surface area contributed by atoms with Gasteiger partial charge in [-0.2, -0.15) is 0 Å². The number of benzene rings is 1. The molecular weight excluding hydrogens is 264 g/mol. The summed E-state index contributed by atoms with van der Waals surface area (Å²) in [5, 5.41) is 7.31. The summed E-state index contributed by atoms with van der Waals surface area (Å²) in [4.78, 5) is 0.174. The zero-order valence-corrected chi connectivity index (χ0v) is 11.7. The Morgan fingerprint density at radius 3 is 2.47 bits per heavy atom. The van der Waals surface area contributed by atoms with E-state index in [9.17, 15) is 8.42 Å². The van der Waals surface area contributed by atoms with Crippen LogP contribution in [-0.4, -0.2) is 23.4 Å². The molecule has 0 bridgehead atoms. The Bertz CT molecular complexity index is 674. The highest BCUT2D eigenvalue weighted by atomic mass is 32.2. The molecule has 0 unspecified atom stereocenters. The lowest BCUT2D eigenvalue weighted by molar-refractivity contribution is 0.583. The van der Waals surface area contributed by atoms with Crippen LogP contribution in [0.25, 0.3) is 0 Å². The van der Waals surface area contributed by atoms with Gasteiger partial charge in [0.15, 0.2) is 5.82 Å². The fourth-order valence-corrected chi connectivity index (χ4v) is 2.94. The van der Waals surface area contributed by atoms with Gasteiger partial charge in [-0.1, -0.05) is 29.8 Å². The second-order valence-electron chi connectivity index (χ2n) is 4.32. The van der Waals surface area contributed by atoms with Crippen molar-refractivity contribution in [3.8, 4) is 0 Å². The van der Waals surface area contributed by atoms with Crippen LogP contribution in [0.3, 0.4) is 0 Å². The van der Waals surface area contributed by atoms with E-state index in [2.05, 4.69) is 10.3 Å². The van der Waals surface area contributed by atoms with Crippen LogP contribution in [0.2, 0.25) is 0 Å². The molecule has 19 heavy (non-hydrogen) atoms. The minimum Gasteiger partial charge on any atom is -0.381 e. The van der Waals surface area contributed by atoms with Gasteiger partial charge in [-0.05, 0) is 25.5 Å². The number of hydrogen-bond donors (Lipinski definition) is 1. The van der Waals surface area contributed by atoms with Crippen molar-refractivity contribution in [2.24, 2.45) is 0 Å². The van der Waals surface area contributed by atoms with Crippen molar-refractivity contribution in [3.63, 3.8) is 0 Å². The Morgan fingerprint density at radius 1 is 1.26 bits per heavy atom. The Hall–Kier alpha value is -1.89. The fourth-order valence-electron chi connectivity index (χ4n) is 1.70. The quantitative estimate of drug-likeness (QED) is 0.914. The van der Waals surface area contributed by atoms with Gasteiger partial charge in [0.05, 0.1) is 4.90 Å². The fraction of sp³-hybridized carbons (Fsp3) is 0.333. The molecule has 0 aliphatic heterocycles. The van der Waals surface area contributed by atoms with Gasteiger partial charge in [0.2, 0.25) is 14.9 Å². The largest absolute Gasteiger partial charge is 0.381 e. The first-order valence-corrected chi connectivity index (χ1v) is 7.46. The summed E-state index contributed by atoms with van der Waals surface area (Å²) < 4.78 is 26.2. The van der Waals surface area contributed by atoms with Crippen LogP contribution >= 0.6 is 0 Å². The van der Waals surface area contributed by atoms with Gasteiger partial charge in [0.25, 0.3) is 0 Å². The number of hydrogen-bond acceptors (Lipinski definition) is 5. The average Bonchev–Trinajstić information content (AvgIpc) is 2.73. The molecule has 6 nitrogen and oxygen atoms in total. The molecular formula is C12H16N4O2S. The molecule has 2 aromatic rings. The monoisotopic (exact) mass is 280 g/mol. The molecule has 2 N–H and O–H groups in total. The Kier molecular flexibility index (Phi) is 3.57. The standard InChI is InChI=1S/C12H16N4O2S/c1-3-8-16-11(13)12(14-15-16)19(17,18)10-6-4-9(2)5-7-10/h4-7H,3,8,13H2,1-2H3. The van der Waals surface area contributed by atoms with Crippen LogP contribution in [0, 0.1) is 6.92 Å². The molecule has 1 aromatic carbocycles. The van der Waals surface area contributed by atoms with Crippen molar-refractivity contribution < 1.29 is 8.42 Å². The van der Waals surface area contributed by atoms with Gasteiger partial charge in [-0.15, -0.1) is 5.10 Å². The Balaban J connectivity index is 2.48. The van der Waals surface area contributed by atoms with Gasteiger partial charge in [0.1, 0.15) is 0 Å². The zero-order valence-electron chi connectivity index (χ0n) is 10.9. The maximum Gasteiger partial charge on any atom is 0.229 e. The van der Waals surface area contributed by atoms with E-state index in [1.165, 1.54) is 4.68 Å². The van der Waals surface area contributed by atoms with Crippen molar-refractivity contribution in [2.75, 3.05) is 5.73 Å². The number of nitrogen functional groups attached to an aromatic ring is 1. The van der Waals surface area contributed by atoms with Crippen LogP contribution in [0.15, 0.2) is 34.2 Å². The lowest BCUT2D eigenvalue weighted by atomic mass is 10.2. The van der Waals surface area contributed by atoms with Gasteiger partial charge < -0.3 is 5.73 Å². The second kappa shape index (κ2) is 5.00. The van der Waals surface area contributed by atoms with E-state index in [0.29, 0.717) is 6.54 Å². The minimum absolute atomic E-state index is 0.0856. The Morgan fingerprint density at radius 2 is 1.89 bits per heavy atom. The highest BCUT2D eigenvalue weighted by Gasteiger charge is 2.25. The molecule has 0 atom stereocenters. The smallest absolute Gasteiger partial charge is 0.229 e. The molecule has 0 amide bonds. The van der Waals surface area contributed by atoms with E-state index < -0.39 is 9.84 Å². The van der Waals surface area contributed by atoms with Crippen LogP contribution in [0.4, 0.5) is 5.82 Å². The minimum atomic E-state index is -3.70. The van der Waals surface area contributed by atoms with Crippen LogP contribution in [0.5, 0.6) is 0 Å². The summed E-state index contributed by atoms with van der Waals surface area (Å²) in [6, 6.07) is 6.56. The molecule has 102 valence electrons. The number of rotatable bonds is 4. The highest BCUT2D eigenvalue weighted by Crippen LogP contribution is 2.23. The second-order valence-corrected chi connectivity index (χ2v) is 6.18. The molecule has 0 aliphatic carbocycles. The van der Waals surface area contributed by atoms with Crippen LogP contribution in [-0.2, 0) is 16.4 Å². The number of nitrogens with zero attached hydrogens (tertiary/aromatic N) is 3. The van der Waals surface area contributed by atoms with Crippen molar-refractivity contribution >= 4 is 15.7 Å². The first-order valence-electron chi connectivity index (χ1n) is 5.97. The number of anilines is 1. The van der Waals surface area contributed by atoms with Crippen molar-refractivity contribution in [1.29, 1.82) is 0 Å². The normalized spacial score (nSPS) is 11.7. The maximum atomic E-state index is 12.4. The van der Waals surface area contributed by atoms with Gasteiger partial charge in [0, 0.05) is 6.54 Å². The lowest BCUT2D eigenvalue weighted by Crippen LogP contribution is -2.08. The summed E-state index contributed by atoms with van der Waals surface area (Å²) in [7, 11) is -3.70. The van der Waals surface area contributed by atoms with Crippen molar-refractivity contribution in [3.05, 3.63) is 29.8 Å². The summed E-state index contributed by atoms with van der Waals surface area (Å²) in [5.41, 5.74) is 6.79. The Labute approximate surface area is 112 Å². The predicted octanol–water partition coefficient (Wildman–Crippen LogP) is 1.41. The molecule has 0 radical (unpaired) electrons. The van der Waals surface area contributed by atoms with E-state index in [1.54, 1.807) is 24.3 Å². The van der Waals surface area contributed by atoms with Crippen molar-refractivity contribution in [2.45, 2.75) is 36.7 Å². The summed E-state index contributed by atoms with van der Waals surface area (Å²) >= 11 is 0. The molecule has 0 saturated heterocycles. The summed E-state index contributed by atoms with van der Waals surface area (Å²) in [6.07, 6.45) is 0.803. The molecule has 0 spiro atoms. The summed E-state index contributed by atoms with van der Waals surface area (Å²) in [5.74, 6) is 0.0856. The van der Waals surface area contributed by atoms with Gasteiger partial charge >= 0.3 is 0 Å².